The van der Waals surface area contributed by atoms with Gasteiger partial charge in [-0.1, -0.05) is 12.1 Å². The molecule has 1 atom stereocenters. The molecular formula is C21H19N5O2. The Balaban J connectivity index is 1.43. The number of methoxy groups -OCH3 is 1. The molecule has 4 aromatic rings. The normalized spacial score (nSPS) is 15.8. The van der Waals surface area contributed by atoms with Crippen molar-refractivity contribution >= 4 is 16.6 Å². The van der Waals surface area contributed by atoms with E-state index in [-0.39, 0.29) is 0 Å². The van der Waals surface area contributed by atoms with Gasteiger partial charge in [0.05, 0.1) is 18.7 Å². The average molecular weight is 373 g/mol. The second kappa shape index (κ2) is 6.84. The largest absolute Gasteiger partial charge is 0.497 e. The maximum Gasteiger partial charge on any atom is 0.175 e. The van der Waals surface area contributed by atoms with Crippen molar-refractivity contribution in [3.63, 3.8) is 0 Å². The first-order chi connectivity index (χ1) is 13.8. The third kappa shape index (κ3) is 2.90. The van der Waals surface area contributed by atoms with Crippen LogP contribution in [-0.4, -0.2) is 26.7 Å². The van der Waals surface area contributed by atoms with Crippen LogP contribution in [0.5, 0.6) is 11.5 Å². The Morgan fingerprint density at radius 2 is 2.14 bits per heavy atom. The zero-order valence-electron chi connectivity index (χ0n) is 15.4. The van der Waals surface area contributed by atoms with Crippen molar-refractivity contribution in [1.82, 2.24) is 24.9 Å². The summed E-state index contributed by atoms with van der Waals surface area (Å²) in [7, 11) is 1.64. The topological polar surface area (TPSA) is 73.6 Å². The highest BCUT2D eigenvalue weighted by molar-refractivity contribution is 5.85. The van der Waals surface area contributed by atoms with Gasteiger partial charge in [0.1, 0.15) is 18.1 Å². The van der Waals surface area contributed by atoms with Crippen LogP contribution in [-0.2, 0) is 6.61 Å². The molecule has 7 heteroatoms. The summed E-state index contributed by atoms with van der Waals surface area (Å²) in [5.74, 6) is 2.27. The number of nitrogens with one attached hydrogen (secondary N) is 1. The van der Waals surface area contributed by atoms with Gasteiger partial charge >= 0.3 is 0 Å². The summed E-state index contributed by atoms with van der Waals surface area (Å²) in [6.45, 7) is 0.312. The molecule has 0 bridgehead atoms. The Morgan fingerprint density at radius 1 is 1.18 bits per heavy atom. The summed E-state index contributed by atoms with van der Waals surface area (Å²) in [6, 6.07) is 12.0. The number of fused-ring (bicyclic) bond motifs is 2. The molecule has 0 saturated heterocycles. The quantitative estimate of drug-likeness (QED) is 0.578. The summed E-state index contributed by atoms with van der Waals surface area (Å²) >= 11 is 0. The van der Waals surface area contributed by atoms with Crippen LogP contribution in [0.15, 0.2) is 61.1 Å². The van der Waals surface area contributed by atoms with Gasteiger partial charge in [-0.2, -0.15) is 0 Å². The van der Waals surface area contributed by atoms with E-state index < -0.39 is 0 Å². The molecule has 28 heavy (non-hydrogen) atoms. The predicted octanol–water partition coefficient (Wildman–Crippen LogP) is 3.41. The molecule has 5 rings (SSSR count). The molecule has 1 aromatic carbocycles. The third-order valence-electron chi connectivity index (χ3n) is 4.95. The standard InChI is InChI=1S/C21H19N5O2/c1-27-15-5-6-16-18(11-15)23-10-8-19(16)28-13-21-25-24-20-7-4-14(12-26(20)21)17-3-2-9-22-17/h2,4-12,17,22H,3,13H2,1H3. The summed E-state index contributed by atoms with van der Waals surface area (Å²) < 4.78 is 13.3. The molecule has 0 spiro atoms. The van der Waals surface area contributed by atoms with E-state index in [1.807, 2.05) is 40.9 Å². The fourth-order valence-electron chi connectivity index (χ4n) is 3.44. The van der Waals surface area contributed by atoms with E-state index in [0.29, 0.717) is 12.6 Å². The molecule has 0 radical (unpaired) electrons. The van der Waals surface area contributed by atoms with Crippen LogP contribution in [0.1, 0.15) is 23.9 Å². The molecule has 0 aliphatic carbocycles. The first kappa shape index (κ1) is 16.6. The number of aromatic nitrogens is 4. The number of benzene rings is 1. The Kier molecular flexibility index (Phi) is 4.05. The van der Waals surface area contributed by atoms with Gasteiger partial charge in [0, 0.05) is 23.8 Å². The summed E-state index contributed by atoms with van der Waals surface area (Å²) in [5.41, 5.74) is 2.82. The number of hydrogen-bond donors (Lipinski definition) is 1. The molecular weight excluding hydrogens is 354 g/mol. The molecule has 7 nitrogen and oxygen atoms in total. The minimum absolute atomic E-state index is 0.291. The minimum Gasteiger partial charge on any atom is -0.497 e. The van der Waals surface area contributed by atoms with Gasteiger partial charge in [-0.3, -0.25) is 9.38 Å². The van der Waals surface area contributed by atoms with Crippen LogP contribution in [0.2, 0.25) is 0 Å². The molecule has 0 saturated carbocycles. The van der Waals surface area contributed by atoms with E-state index in [2.05, 4.69) is 38.8 Å². The summed E-state index contributed by atoms with van der Waals surface area (Å²) in [5, 5.41) is 12.8. The third-order valence-corrected chi connectivity index (χ3v) is 4.95. The lowest BCUT2D eigenvalue weighted by Crippen LogP contribution is -2.11. The van der Waals surface area contributed by atoms with E-state index in [0.717, 1.165) is 40.3 Å². The minimum atomic E-state index is 0.291. The average Bonchev–Trinajstić information content (AvgIpc) is 3.41. The zero-order chi connectivity index (χ0) is 18.9. The fraction of sp³-hybridized carbons (Fsp3) is 0.190. The second-order valence-corrected chi connectivity index (χ2v) is 6.65. The summed E-state index contributed by atoms with van der Waals surface area (Å²) in [4.78, 5) is 4.40. The number of nitrogens with zero attached hydrogens (tertiary/aromatic N) is 4. The first-order valence-corrected chi connectivity index (χ1v) is 9.12. The van der Waals surface area contributed by atoms with Crippen molar-refractivity contribution in [2.75, 3.05) is 7.11 Å². The zero-order valence-corrected chi connectivity index (χ0v) is 15.4. The second-order valence-electron chi connectivity index (χ2n) is 6.65. The van der Waals surface area contributed by atoms with Gasteiger partial charge in [-0.25, -0.2) is 0 Å². The van der Waals surface area contributed by atoms with Gasteiger partial charge < -0.3 is 14.8 Å². The number of ether oxygens (including phenoxy) is 2. The lowest BCUT2D eigenvalue weighted by molar-refractivity contribution is 0.298. The van der Waals surface area contributed by atoms with Gasteiger partial charge in [0.15, 0.2) is 11.5 Å². The van der Waals surface area contributed by atoms with E-state index >= 15 is 0 Å². The van der Waals surface area contributed by atoms with Crippen molar-refractivity contribution in [2.24, 2.45) is 0 Å². The van der Waals surface area contributed by atoms with Crippen LogP contribution in [0.3, 0.4) is 0 Å². The number of pyridine rings is 2. The lowest BCUT2D eigenvalue weighted by Gasteiger charge is -2.12. The highest BCUT2D eigenvalue weighted by Gasteiger charge is 2.15. The monoisotopic (exact) mass is 373 g/mol. The van der Waals surface area contributed by atoms with Gasteiger partial charge in [-0.15, -0.1) is 10.2 Å². The van der Waals surface area contributed by atoms with Gasteiger partial charge in [0.25, 0.3) is 0 Å². The molecule has 1 N–H and O–H groups in total. The van der Waals surface area contributed by atoms with Crippen molar-refractivity contribution in [2.45, 2.75) is 19.1 Å². The van der Waals surface area contributed by atoms with Crippen molar-refractivity contribution in [3.05, 3.63) is 72.5 Å². The first-order valence-electron chi connectivity index (χ1n) is 9.12. The molecule has 1 aliphatic heterocycles. The van der Waals surface area contributed by atoms with Crippen LogP contribution in [0, 0.1) is 0 Å². The Morgan fingerprint density at radius 3 is 3.00 bits per heavy atom. The molecule has 1 aliphatic rings. The number of hydrogen-bond acceptors (Lipinski definition) is 6. The Bertz CT molecular complexity index is 1180. The molecule has 3 aromatic heterocycles. The molecule has 4 heterocycles. The summed E-state index contributed by atoms with van der Waals surface area (Å²) in [6.07, 6.45) is 8.92. The fourth-order valence-corrected chi connectivity index (χ4v) is 3.44. The smallest absolute Gasteiger partial charge is 0.175 e. The maximum atomic E-state index is 6.08. The van der Waals surface area contributed by atoms with E-state index in [9.17, 15) is 0 Å². The van der Waals surface area contributed by atoms with Crippen LogP contribution in [0.4, 0.5) is 0 Å². The van der Waals surface area contributed by atoms with E-state index in [1.54, 1.807) is 13.3 Å². The van der Waals surface area contributed by atoms with Crippen molar-refractivity contribution in [1.29, 1.82) is 0 Å². The Labute approximate surface area is 161 Å². The highest BCUT2D eigenvalue weighted by Crippen LogP contribution is 2.28. The lowest BCUT2D eigenvalue weighted by atomic mass is 10.1. The van der Waals surface area contributed by atoms with Gasteiger partial charge in [-0.05, 0) is 42.4 Å². The van der Waals surface area contributed by atoms with E-state index in [4.69, 9.17) is 9.47 Å². The molecule has 0 fully saturated rings. The van der Waals surface area contributed by atoms with Crippen molar-refractivity contribution in [3.8, 4) is 11.5 Å². The highest BCUT2D eigenvalue weighted by atomic mass is 16.5. The molecule has 1 unspecified atom stereocenters. The molecule has 140 valence electrons. The Hall–Kier alpha value is -3.61. The van der Waals surface area contributed by atoms with Crippen LogP contribution in [0.25, 0.3) is 16.6 Å². The SMILES string of the molecule is COc1ccc2c(OCc3nnc4ccc(C5CC=CN5)cn34)ccnc2c1. The number of rotatable bonds is 5. The maximum absolute atomic E-state index is 6.08. The van der Waals surface area contributed by atoms with Crippen LogP contribution < -0.4 is 14.8 Å². The van der Waals surface area contributed by atoms with Gasteiger partial charge in [0.2, 0.25) is 0 Å². The van der Waals surface area contributed by atoms with Crippen LogP contribution >= 0.6 is 0 Å². The predicted molar refractivity (Wildman–Crippen MR) is 105 cm³/mol. The molecule has 0 amide bonds. The van der Waals surface area contributed by atoms with Crippen molar-refractivity contribution < 1.29 is 9.47 Å². The van der Waals surface area contributed by atoms with E-state index in [1.165, 1.54) is 5.56 Å².